The van der Waals surface area contributed by atoms with Crippen LogP contribution in [0.2, 0.25) is 0 Å². The van der Waals surface area contributed by atoms with Crippen molar-refractivity contribution in [3.8, 4) is 6.07 Å². The average molecular weight is 368 g/mol. The average Bonchev–Trinajstić information content (AvgIpc) is 2.72. The number of allylic oxidation sites excluding steroid dienone is 2. The largest absolute Gasteiger partial charge is 0.206 e. The smallest absolute Gasteiger partial charge is 0.141 e. The Morgan fingerprint density at radius 1 is 1.04 bits per heavy atom. The van der Waals surface area contributed by atoms with Crippen LogP contribution < -0.4 is 0 Å². The summed E-state index contributed by atoms with van der Waals surface area (Å²) in [4.78, 5) is 0. The Morgan fingerprint density at radius 3 is 2.37 bits per heavy atom. The molecular weight excluding hydrogens is 333 g/mol. The van der Waals surface area contributed by atoms with E-state index in [0.717, 1.165) is 36.2 Å². The minimum atomic E-state index is -0.366. The first-order valence-electron chi connectivity index (χ1n) is 11.1. The van der Waals surface area contributed by atoms with Crippen molar-refractivity contribution < 1.29 is 4.39 Å². The first-order chi connectivity index (χ1) is 13.2. The van der Waals surface area contributed by atoms with Gasteiger partial charge >= 0.3 is 0 Å². The van der Waals surface area contributed by atoms with Gasteiger partial charge in [-0.25, -0.2) is 4.39 Å². The third-order valence-electron chi connectivity index (χ3n) is 7.05. The van der Waals surface area contributed by atoms with Crippen molar-refractivity contribution in [1.29, 1.82) is 5.26 Å². The zero-order valence-corrected chi connectivity index (χ0v) is 16.8. The van der Waals surface area contributed by atoms with E-state index in [9.17, 15) is 4.39 Å². The van der Waals surface area contributed by atoms with E-state index in [4.69, 9.17) is 5.26 Å². The minimum absolute atomic E-state index is 0.155. The number of hydrogen-bond donors (Lipinski definition) is 0. The molecule has 2 aliphatic carbocycles. The number of hydrogen-bond acceptors (Lipinski definition) is 1. The zero-order valence-electron chi connectivity index (χ0n) is 16.8. The molecule has 0 aliphatic heterocycles. The molecule has 2 aliphatic rings. The Hall–Kier alpha value is -1.62. The highest BCUT2D eigenvalue weighted by molar-refractivity contribution is 5.34. The van der Waals surface area contributed by atoms with Crippen molar-refractivity contribution in [2.75, 3.05) is 0 Å². The normalized spacial score (nSPS) is 28.9. The second-order valence-electron chi connectivity index (χ2n) is 8.76. The van der Waals surface area contributed by atoms with Crippen molar-refractivity contribution >= 4 is 0 Å². The van der Waals surface area contributed by atoms with E-state index in [1.54, 1.807) is 12.1 Å². The van der Waals surface area contributed by atoms with E-state index in [1.165, 1.54) is 57.8 Å². The Kier molecular flexibility index (Phi) is 7.50. The molecule has 0 radical (unpaired) electrons. The molecule has 0 amide bonds. The molecule has 0 saturated heterocycles. The summed E-state index contributed by atoms with van der Waals surface area (Å²) in [5.74, 6) is 2.73. The van der Waals surface area contributed by atoms with E-state index in [0.29, 0.717) is 5.92 Å². The molecule has 2 saturated carbocycles. The molecule has 2 heteroatoms. The lowest BCUT2D eigenvalue weighted by molar-refractivity contribution is 0.301. The Balaban J connectivity index is 1.37. The van der Waals surface area contributed by atoms with Crippen LogP contribution in [0.3, 0.4) is 0 Å². The van der Waals surface area contributed by atoms with Crippen molar-refractivity contribution in [1.82, 2.24) is 0 Å². The van der Waals surface area contributed by atoms with Gasteiger partial charge in [0, 0.05) is 0 Å². The van der Waals surface area contributed by atoms with Gasteiger partial charge in [0.15, 0.2) is 0 Å². The summed E-state index contributed by atoms with van der Waals surface area (Å²) in [6.45, 7) is 2.33. The second-order valence-corrected chi connectivity index (χ2v) is 8.76. The van der Waals surface area contributed by atoms with Gasteiger partial charge < -0.3 is 0 Å². The van der Waals surface area contributed by atoms with Crippen LogP contribution in [0.4, 0.5) is 4.39 Å². The van der Waals surface area contributed by atoms with Crippen LogP contribution in [0.5, 0.6) is 0 Å². The topological polar surface area (TPSA) is 23.8 Å². The van der Waals surface area contributed by atoms with Crippen molar-refractivity contribution in [3.63, 3.8) is 0 Å². The van der Waals surface area contributed by atoms with E-state index < -0.39 is 0 Å². The van der Waals surface area contributed by atoms with E-state index in [1.807, 2.05) is 12.1 Å². The van der Waals surface area contributed by atoms with Gasteiger partial charge in [-0.3, -0.25) is 0 Å². The number of nitrogens with zero attached hydrogens (tertiary/aromatic N) is 1. The Labute approximate surface area is 164 Å². The molecule has 1 aromatic rings. The predicted octanol–water partition coefficient (Wildman–Crippen LogP) is 7.52. The maximum absolute atomic E-state index is 13.9. The summed E-state index contributed by atoms with van der Waals surface area (Å²) in [6, 6.07) is 7.07. The molecule has 2 fully saturated rings. The molecule has 0 N–H and O–H groups in total. The lowest BCUT2D eigenvalue weighted by Gasteiger charge is -2.29. The van der Waals surface area contributed by atoms with Gasteiger partial charge in [-0.1, -0.05) is 31.6 Å². The summed E-state index contributed by atoms with van der Waals surface area (Å²) in [7, 11) is 0. The minimum Gasteiger partial charge on any atom is -0.206 e. The van der Waals surface area contributed by atoms with Gasteiger partial charge in [0.2, 0.25) is 0 Å². The zero-order chi connectivity index (χ0) is 19.1. The van der Waals surface area contributed by atoms with E-state index >= 15 is 0 Å². The van der Waals surface area contributed by atoms with Crippen molar-refractivity contribution in [2.45, 2.75) is 83.5 Å². The molecule has 0 atom stereocenters. The summed E-state index contributed by atoms with van der Waals surface area (Å²) in [6.07, 6.45) is 19.2. The fraction of sp³-hybridized carbons (Fsp3) is 0.640. The molecule has 27 heavy (non-hydrogen) atoms. The highest BCUT2D eigenvalue weighted by atomic mass is 19.1. The van der Waals surface area contributed by atoms with Gasteiger partial charge in [0.25, 0.3) is 0 Å². The second kappa shape index (κ2) is 10.1. The van der Waals surface area contributed by atoms with Gasteiger partial charge in [-0.05, 0) is 106 Å². The van der Waals surface area contributed by atoms with Gasteiger partial charge in [-0.2, -0.15) is 5.26 Å². The van der Waals surface area contributed by atoms with Crippen LogP contribution in [-0.4, -0.2) is 0 Å². The van der Waals surface area contributed by atoms with Gasteiger partial charge in [0.05, 0.1) is 5.56 Å². The third-order valence-corrected chi connectivity index (χ3v) is 7.05. The first kappa shape index (κ1) is 20.1. The Bertz CT molecular complexity index is 655. The predicted molar refractivity (Wildman–Crippen MR) is 110 cm³/mol. The number of nitriles is 1. The fourth-order valence-electron chi connectivity index (χ4n) is 5.07. The monoisotopic (exact) mass is 367 g/mol. The standard InChI is InChI=1S/C25H34FN/c1-2-19-7-9-20(10-8-19)5-3-4-6-21-11-13-22(14-12-21)23-15-16-24(18-27)25(26)17-23/h3,5,15-17,19-22H,2,4,6-14H2,1H3/b5-3+. The van der Waals surface area contributed by atoms with Crippen molar-refractivity contribution in [2.24, 2.45) is 17.8 Å². The maximum atomic E-state index is 13.9. The summed E-state index contributed by atoms with van der Waals surface area (Å²) < 4.78 is 13.9. The molecule has 146 valence electrons. The molecule has 1 aromatic carbocycles. The molecule has 0 aromatic heterocycles. The van der Waals surface area contributed by atoms with Crippen LogP contribution in [0.15, 0.2) is 30.4 Å². The molecule has 0 spiro atoms. The highest BCUT2D eigenvalue weighted by Gasteiger charge is 2.23. The summed E-state index contributed by atoms with van der Waals surface area (Å²) >= 11 is 0. The van der Waals surface area contributed by atoms with Crippen molar-refractivity contribution in [3.05, 3.63) is 47.3 Å². The lowest BCUT2D eigenvalue weighted by atomic mass is 9.77. The quantitative estimate of drug-likeness (QED) is 0.477. The SMILES string of the molecule is CCC1CCC(/C=C/CCC2CCC(c3ccc(C#N)c(F)c3)CC2)CC1. The first-order valence-corrected chi connectivity index (χ1v) is 11.1. The summed E-state index contributed by atoms with van der Waals surface area (Å²) in [5.41, 5.74) is 1.23. The molecule has 0 heterocycles. The maximum Gasteiger partial charge on any atom is 0.141 e. The third kappa shape index (κ3) is 5.68. The van der Waals surface area contributed by atoms with Crippen LogP contribution in [-0.2, 0) is 0 Å². The van der Waals surface area contributed by atoms with E-state index in [2.05, 4.69) is 19.1 Å². The molecular formula is C25H34FN. The lowest BCUT2D eigenvalue weighted by Crippen LogP contribution is -2.13. The van der Waals surface area contributed by atoms with Gasteiger partial charge in [0.1, 0.15) is 11.9 Å². The molecule has 0 bridgehead atoms. The van der Waals surface area contributed by atoms with E-state index in [-0.39, 0.29) is 11.4 Å². The Morgan fingerprint density at radius 2 is 1.74 bits per heavy atom. The highest BCUT2D eigenvalue weighted by Crippen LogP contribution is 2.38. The fourth-order valence-corrected chi connectivity index (χ4v) is 5.07. The van der Waals surface area contributed by atoms with Crippen LogP contribution in [0.1, 0.15) is 94.6 Å². The number of benzene rings is 1. The number of halogens is 1. The van der Waals surface area contributed by atoms with Gasteiger partial charge in [-0.15, -0.1) is 0 Å². The summed E-state index contributed by atoms with van der Waals surface area (Å²) in [5, 5.41) is 8.87. The number of rotatable bonds is 6. The molecule has 3 rings (SSSR count). The van der Waals surface area contributed by atoms with Crippen LogP contribution >= 0.6 is 0 Å². The van der Waals surface area contributed by atoms with Crippen LogP contribution in [0.25, 0.3) is 0 Å². The molecule has 0 unspecified atom stereocenters. The molecule has 1 nitrogen and oxygen atoms in total. The van der Waals surface area contributed by atoms with Crippen LogP contribution in [0, 0.1) is 34.9 Å².